The Morgan fingerprint density at radius 1 is 1.17 bits per heavy atom. The molecular weight excluding hydrogens is 228 g/mol. The normalized spacial score (nSPS) is 10.1. The van der Waals surface area contributed by atoms with Crippen LogP contribution in [0.25, 0.3) is 0 Å². The van der Waals surface area contributed by atoms with Crippen molar-refractivity contribution in [2.24, 2.45) is 0 Å². The number of para-hydroxylation sites is 1. The number of ether oxygens (including phenoxy) is 1. The number of rotatable bonds is 9. The van der Waals surface area contributed by atoms with Crippen LogP contribution in [0.4, 0.5) is 5.69 Å². The number of anilines is 1. The largest absolute Gasteiger partial charge is 0.385 e. The first-order chi connectivity index (χ1) is 8.83. The Morgan fingerprint density at radius 2 is 1.94 bits per heavy atom. The zero-order chi connectivity index (χ0) is 13.1. The molecule has 0 saturated heterocycles. The Morgan fingerprint density at radius 3 is 2.67 bits per heavy atom. The first kappa shape index (κ1) is 14.5. The molecule has 1 aromatic carbocycles. The van der Waals surface area contributed by atoms with Crippen molar-refractivity contribution >= 4 is 11.6 Å². The summed E-state index contributed by atoms with van der Waals surface area (Å²) in [4.78, 5) is 11.5. The number of carbonyl (C=O) groups is 1. The highest BCUT2D eigenvalue weighted by molar-refractivity contribution is 5.80. The highest BCUT2D eigenvalue weighted by Gasteiger charge is 1.99. The van der Waals surface area contributed by atoms with E-state index in [9.17, 15) is 4.79 Å². The molecule has 0 unspecified atom stereocenters. The topological polar surface area (TPSA) is 50.4 Å². The molecule has 1 amide bonds. The second kappa shape index (κ2) is 9.48. The van der Waals surface area contributed by atoms with Crippen molar-refractivity contribution in [3.8, 4) is 0 Å². The predicted molar refractivity (Wildman–Crippen MR) is 73.7 cm³/mol. The molecule has 1 rings (SSSR count). The first-order valence-electron chi connectivity index (χ1n) is 6.37. The zero-order valence-corrected chi connectivity index (χ0v) is 10.9. The van der Waals surface area contributed by atoms with Gasteiger partial charge in [0.05, 0.1) is 6.54 Å². The van der Waals surface area contributed by atoms with Crippen molar-refractivity contribution in [1.82, 2.24) is 5.32 Å². The molecule has 0 aliphatic carbocycles. The maximum Gasteiger partial charge on any atom is 0.239 e. The molecule has 0 radical (unpaired) electrons. The van der Waals surface area contributed by atoms with E-state index in [2.05, 4.69) is 10.6 Å². The van der Waals surface area contributed by atoms with Crippen LogP contribution in [-0.2, 0) is 9.53 Å². The van der Waals surface area contributed by atoms with Gasteiger partial charge in [0.2, 0.25) is 5.91 Å². The van der Waals surface area contributed by atoms with E-state index in [-0.39, 0.29) is 5.91 Å². The molecule has 1 aromatic rings. The number of methoxy groups -OCH3 is 1. The third-order valence-electron chi connectivity index (χ3n) is 2.57. The van der Waals surface area contributed by atoms with Gasteiger partial charge in [0.15, 0.2) is 0 Å². The van der Waals surface area contributed by atoms with Crippen LogP contribution in [-0.4, -0.2) is 32.7 Å². The lowest BCUT2D eigenvalue weighted by Gasteiger charge is -2.07. The van der Waals surface area contributed by atoms with Gasteiger partial charge in [-0.25, -0.2) is 0 Å². The highest BCUT2D eigenvalue weighted by Crippen LogP contribution is 2.03. The third kappa shape index (κ3) is 6.91. The van der Waals surface area contributed by atoms with Crippen molar-refractivity contribution in [3.63, 3.8) is 0 Å². The average Bonchev–Trinajstić information content (AvgIpc) is 2.41. The number of hydrogen-bond acceptors (Lipinski definition) is 3. The zero-order valence-electron chi connectivity index (χ0n) is 10.9. The molecule has 0 bridgehead atoms. The van der Waals surface area contributed by atoms with Crippen molar-refractivity contribution in [2.75, 3.05) is 32.1 Å². The lowest BCUT2D eigenvalue weighted by molar-refractivity contribution is -0.119. The van der Waals surface area contributed by atoms with E-state index in [1.807, 2.05) is 30.3 Å². The Balaban J connectivity index is 2.01. The van der Waals surface area contributed by atoms with Crippen LogP contribution < -0.4 is 10.6 Å². The quantitative estimate of drug-likeness (QED) is 0.659. The van der Waals surface area contributed by atoms with Gasteiger partial charge in [-0.05, 0) is 31.4 Å². The van der Waals surface area contributed by atoms with Gasteiger partial charge in [-0.3, -0.25) is 4.79 Å². The number of amides is 1. The van der Waals surface area contributed by atoms with E-state index < -0.39 is 0 Å². The summed E-state index contributed by atoms with van der Waals surface area (Å²) >= 11 is 0. The fraction of sp³-hybridized carbons (Fsp3) is 0.500. The molecule has 100 valence electrons. The van der Waals surface area contributed by atoms with Gasteiger partial charge in [-0.2, -0.15) is 0 Å². The summed E-state index contributed by atoms with van der Waals surface area (Å²) in [5, 5.41) is 5.96. The lowest BCUT2D eigenvalue weighted by Crippen LogP contribution is -2.30. The average molecular weight is 250 g/mol. The van der Waals surface area contributed by atoms with Crippen molar-refractivity contribution in [1.29, 1.82) is 0 Å². The maximum atomic E-state index is 11.5. The lowest BCUT2D eigenvalue weighted by atomic mass is 10.2. The van der Waals surface area contributed by atoms with E-state index in [4.69, 9.17) is 4.74 Å². The molecule has 0 atom stereocenters. The minimum absolute atomic E-state index is 0.0330. The smallest absolute Gasteiger partial charge is 0.239 e. The molecule has 2 N–H and O–H groups in total. The van der Waals surface area contributed by atoms with Gasteiger partial charge in [0.25, 0.3) is 0 Å². The van der Waals surface area contributed by atoms with E-state index in [1.54, 1.807) is 7.11 Å². The van der Waals surface area contributed by atoms with Crippen LogP contribution in [0.3, 0.4) is 0 Å². The molecule has 4 nitrogen and oxygen atoms in total. The van der Waals surface area contributed by atoms with Crippen LogP contribution in [0, 0.1) is 0 Å². The summed E-state index contributed by atoms with van der Waals surface area (Å²) in [7, 11) is 1.71. The van der Waals surface area contributed by atoms with Gasteiger partial charge >= 0.3 is 0 Å². The number of benzene rings is 1. The first-order valence-corrected chi connectivity index (χ1v) is 6.37. The van der Waals surface area contributed by atoms with Crippen LogP contribution in [0.15, 0.2) is 30.3 Å². The van der Waals surface area contributed by atoms with Gasteiger partial charge in [0.1, 0.15) is 0 Å². The van der Waals surface area contributed by atoms with E-state index in [0.717, 1.165) is 38.1 Å². The van der Waals surface area contributed by atoms with E-state index in [1.165, 1.54) is 0 Å². The summed E-state index contributed by atoms with van der Waals surface area (Å²) in [6.07, 6.45) is 3.13. The fourth-order valence-electron chi connectivity index (χ4n) is 1.58. The van der Waals surface area contributed by atoms with E-state index in [0.29, 0.717) is 6.54 Å². The minimum Gasteiger partial charge on any atom is -0.385 e. The predicted octanol–water partition coefficient (Wildman–Crippen LogP) is 2.03. The molecule has 0 heterocycles. The summed E-state index contributed by atoms with van der Waals surface area (Å²) in [5.74, 6) is 0.0330. The molecule has 0 aliphatic heterocycles. The molecule has 0 saturated carbocycles. The summed E-state index contributed by atoms with van der Waals surface area (Å²) in [6, 6.07) is 9.72. The third-order valence-corrected chi connectivity index (χ3v) is 2.57. The number of hydrogen-bond donors (Lipinski definition) is 2. The maximum absolute atomic E-state index is 11.5. The van der Waals surface area contributed by atoms with Crippen molar-refractivity contribution < 1.29 is 9.53 Å². The Labute approximate surface area is 109 Å². The van der Waals surface area contributed by atoms with Crippen LogP contribution in [0.1, 0.15) is 19.3 Å². The second-order valence-electron chi connectivity index (χ2n) is 4.12. The van der Waals surface area contributed by atoms with Crippen molar-refractivity contribution in [2.45, 2.75) is 19.3 Å². The molecule has 0 fully saturated rings. The van der Waals surface area contributed by atoms with Crippen LogP contribution in [0.5, 0.6) is 0 Å². The van der Waals surface area contributed by atoms with Gasteiger partial charge in [-0.15, -0.1) is 0 Å². The Hall–Kier alpha value is -1.55. The molecule has 0 aromatic heterocycles. The standard InChI is InChI=1S/C14H22N2O2/c1-18-11-7-3-6-10-15-14(17)12-16-13-8-4-2-5-9-13/h2,4-5,8-9,16H,3,6-7,10-12H2,1H3,(H,15,17). The SMILES string of the molecule is COCCCCCNC(=O)CNc1ccccc1. The molecule has 18 heavy (non-hydrogen) atoms. The van der Waals surface area contributed by atoms with Gasteiger partial charge in [-0.1, -0.05) is 18.2 Å². The number of unbranched alkanes of at least 4 members (excludes halogenated alkanes) is 2. The number of carbonyl (C=O) groups excluding carboxylic acids is 1. The summed E-state index contributed by atoms with van der Waals surface area (Å²) < 4.78 is 4.96. The van der Waals surface area contributed by atoms with Crippen LogP contribution in [0.2, 0.25) is 0 Å². The van der Waals surface area contributed by atoms with Gasteiger partial charge in [0, 0.05) is 25.9 Å². The van der Waals surface area contributed by atoms with Gasteiger partial charge < -0.3 is 15.4 Å². The van der Waals surface area contributed by atoms with E-state index >= 15 is 0 Å². The molecular formula is C14H22N2O2. The molecule has 4 heteroatoms. The molecule has 0 spiro atoms. The summed E-state index contributed by atoms with van der Waals surface area (Å²) in [5.41, 5.74) is 0.966. The Kier molecular flexibility index (Phi) is 7.64. The van der Waals surface area contributed by atoms with Crippen LogP contribution >= 0.6 is 0 Å². The number of nitrogens with one attached hydrogen (secondary N) is 2. The monoisotopic (exact) mass is 250 g/mol. The highest BCUT2D eigenvalue weighted by atomic mass is 16.5. The fourth-order valence-corrected chi connectivity index (χ4v) is 1.58. The summed E-state index contributed by atoms with van der Waals surface area (Å²) in [6.45, 7) is 1.85. The second-order valence-corrected chi connectivity index (χ2v) is 4.12. The van der Waals surface area contributed by atoms with Crippen molar-refractivity contribution in [3.05, 3.63) is 30.3 Å². The Bertz CT molecular complexity index is 328. The minimum atomic E-state index is 0.0330. The molecule has 0 aliphatic rings.